The molecule has 0 radical (unpaired) electrons. The molecule has 96 valence electrons. The number of H-pyrrole nitrogens is 1. The molecule has 0 spiro atoms. The molecule has 0 aliphatic rings. The molecule has 0 aliphatic carbocycles. The van der Waals surface area contributed by atoms with Gasteiger partial charge in [0.15, 0.2) is 5.82 Å². The topological polar surface area (TPSA) is 69.2 Å². The van der Waals surface area contributed by atoms with Crippen molar-refractivity contribution in [3.63, 3.8) is 0 Å². The maximum absolute atomic E-state index is 12.3. The average molecular weight is 316 g/mol. The molecule has 0 aliphatic heterocycles. The predicted octanol–water partition coefficient (Wildman–Crippen LogP) is 0.893. The van der Waals surface area contributed by atoms with Gasteiger partial charge in [-0.3, -0.25) is 4.79 Å². The predicted molar refractivity (Wildman–Crippen MR) is 57.9 cm³/mol. The first-order valence-corrected chi connectivity index (χ1v) is 5.30. The fourth-order valence-corrected chi connectivity index (χ4v) is 1.66. The van der Waals surface area contributed by atoms with E-state index in [-0.39, 0.29) is 16.8 Å². The number of nitrogens with zero attached hydrogens (tertiary/aromatic N) is 2. The molecule has 0 fully saturated rings. The zero-order chi connectivity index (χ0) is 13.1. The van der Waals surface area contributed by atoms with Gasteiger partial charge in [-0.25, -0.2) is 4.98 Å². The van der Waals surface area contributed by atoms with Crippen molar-refractivity contribution >= 4 is 21.7 Å². The van der Waals surface area contributed by atoms with Gasteiger partial charge in [0, 0.05) is 6.54 Å². The van der Waals surface area contributed by atoms with Gasteiger partial charge in [0.05, 0.1) is 12.9 Å². The molecule has 1 rings (SSSR count). The van der Waals surface area contributed by atoms with Gasteiger partial charge in [-0.2, -0.15) is 13.2 Å². The third-order valence-electron chi connectivity index (χ3n) is 1.82. The van der Waals surface area contributed by atoms with E-state index in [1.165, 1.54) is 0 Å². The number of alkyl halides is 3. The summed E-state index contributed by atoms with van der Waals surface area (Å²) in [7, 11) is 0. The Bertz CT molecular complexity index is 435. The summed E-state index contributed by atoms with van der Waals surface area (Å²) in [5.74, 6) is -0.153. The quantitative estimate of drug-likeness (QED) is 0.866. The van der Waals surface area contributed by atoms with E-state index < -0.39 is 24.9 Å². The van der Waals surface area contributed by atoms with E-state index in [0.717, 1.165) is 11.2 Å². The zero-order valence-corrected chi connectivity index (χ0v) is 10.0. The summed E-state index contributed by atoms with van der Waals surface area (Å²) < 4.78 is 36.8. The summed E-state index contributed by atoms with van der Waals surface area (Å²) in [5, 5.41) is 8.72. The second-order valence-corrected chi connectivity index (χ2v) is 3.92. The number of hydrogen-bond donors (Lipinski definition) is 2. The van der Waals surface area contributed by atoms with Gasteiger partial charge in [0.1, 0.15) is 11.0 Å². The molecule has 1 heterocycles. The van der Waals surface area contributed by atoms with Crippen molar-refractivity contribution < 1.29 is 18.3 Å². The summed E-state index contributed by atoms with van der Waals surface area (Å²) in [6.07, 6.45) is -3.44. The van der Waals surface area contributed by atoms with Crippen LogP contribution in [0.4, 0.5) is 19.0 Å². The van der Waals surface area contributed by atoms with Crippen LogP contribution >= 0.6 is 15.9 Å². The van der Waals surface area contributed by atoms with Gasteiger partial charge in [0.25, 0.3) is 5.56 Å². The average Bonchev–Trinajstić information content (AvgIpc) is 2.19. The zero-order valence-electron chi connectivity index (χ0n) is 8.46. The molecule has 17 heavy (non-hydrogen) atoms. The van der Waals surface area contributed by atoms with Gasteiger partial charge in [0.2, 0.25) is 0 Å². The molecule has 2 N–H and O–H groups in total. The normalized spacial score (nSPS) is 11.6. The van der Waals surface area contributed by atoms with Crippen molar-refractivity contribution in [1.29, 1.82) is 0 Å². The lowest BCUT2D eigenvalue weighted by Crippen LogP contribution is -2.37. The van der Waals surface area contributed by atoms with Gasteiger partial charge in [-0.05, 0) is 15.9 Å². The molecule has 0 aromatic carbocycles. The monoisotopic (exact) mass is 315 g/mol. The van der Waals surface area contributed by atoms with Crippen LogP contribution in [0.25, 0.3) is 0 Å². The van der Waals surface area contributed by atoms with Crippen molar-refractivity contribution in [1.82, 2.24) is 9.97 Å². The van der Waals surface area contributed by atoms with E-state index in [4.69, 9.17) is 5.11 Å². The second kappa shape index (κ2) is 5.50. The Balaban J connectivity index is 3.05. The van der Waals surface area contributed by atoms with Gasteiger partial charge in [-0.15, -0.1) is 0 Å². The lowest BCUT2D eigenvalue weighted by Gasteiger charge is -2.24. The van der Waals surface area contributed by atoms with E-state index in [1.54, 1.807) is 0 Å². The van der Waals surface area contributed by atoms with E-state index in [2.05, 4.69) is 25.9 Å². The highest BCUT2D eigenvalue weighted by atomic mass is 79.9. The number of aromatic nitrogens is 2. The summed E-state index contributed by atoms with van der Waals surface area (Å²) in [6.45, 7) is -2.03. The minimum absolute atomic E-state index is 0.0994. The van der Waals surface area contributed by atoms with E-state index >= 15 is 0 Å². The van der Waals surface area contributed by atoms with Gasteiger partial charge in [-0.1, -0.05) is 0 Å². The number of nitrogens with one attached hydrogen (secondary N) is 1. The molecule has 1 aromatic rings. The molecular formula is C8H9BrF3N3O2. The number of hydrogen-bond acceptors (Lipinski definition) is 4. The molecule has 9 heteroatoms. The molecule has 0 atom stereocenters. The highest BCUT2D eigenvalue weighted by Crippen LogP contribution is 2.23. The van der Waals surface area contributed by atoms with Crippen LogP contribution in [-0.4, -0.2) is 40.9 Å². The van der Waals surface area contributed by atoms with Crippen LogP contribution in [0.2, 0.25) is 0 Å². The lowest BCUT2D eigenvalue weighted by molar-refractivity contribution is -0.120. The molecular weight excluding hydrogens is 307 g/mol. The fraction of sp³-hybridized carbons (Fsp3) is 0.500. The van der Waals surface area contributed by atoms with Gasteiger partial charge >= 0.3 is 6.18 Å². The van der Waals surface area contributed by atoms with E-state index in [0.29, 0.717) is 0 Å². The Kier molecular flexibility index (Phi) is 4.52. The highest BCUT2D eigenvalue weighted by molar-refractivity contribution is 9.10. The van der Waals surface area contributed by atoms with Crippen molar-refractivity contribution in [3.05, 3.63) is 21.2 Å². The maximum Gasteiger partial charge on any atom is 0.405 e. The number of aliphatic hydroxyl groups excluding tert-OH is 1. The largest absolute Gasteiger partial charge is 0.405 e. The van der Waals surface area contributed by atoms with Crippen LogP contribution in [0.1, 0.15) is 0 Å². The third-order valence-corrected chi connectivity index (χ3v) is 2.53. The number of halogens is 4. The summed E-state index contributed by atoms with van der Waals surface area (Å²) >= 11 is 2.86. The molecule has 1 aromatic heterocycles. The van der Waals surface area contributed by atoms with Crippen LogP contribution < -0.4 is 10.5 Å². The van der Waals surface area contributed by atoms with Crippen LogP contribution in [0.15, 0.2) is 15.6 Å². The van der Waals surface area contributed by atoms with Gasteiger partial charge < -0.3 is 15.0 Å². The number of anilines is 1. The highest BCUT2D eigenvalue weighted by Gasteiger charge is 2.32. The van der Waals surface area contributed by atoms with Crippen LogP contribution in [0.3, 0.4) is 0 Å². The Morgan fingerprint density at radius 3 is 2.71 bits per heavy atom. The van der Waals surface area contributed by atoms with Crippen LogP contribution in [0, 0.1) is 0 Å². The Hall–Kier alpha value is -1.09. The smallest absolute Gasteiger partial charge is 0.395 e. The first-order valence-electron chi connectivity index (χ1n) is 4.51. The summed E-state index contributed by atoms with van der Waals surface area (Å²) in [5.41, 5.74) is -0.583. The third kappa shape index (κ3) is 4.00. The van der Waals surface area contributed by atoms with E-state index in [1.807, 2.05) is 0 Å². The van der Waals surface area contributed by atoms with Crippen molar-refractivity contribution in [2.24, 2.45) is 0 Å². The minimum Gasteiger partial charge on any atom is -0.395 e. The number of aromatic amines is 1. The number of aliphatic hydroxyl groups is 1. The van der Waals surface area contributed by atoms with Crippen molar-refractivity contribution in [2.45, 2.75) is 6.18 Å². The first-order chi connectivity index (χ1) is 7.85. The molecule has 0 saturated carbocycles. The molecule has 0 amide bonds. The molecule has 5 nitrogen and oxygen atoms in total. The summed E-state index contributed by atoms with van der Waals surface area (Å²) in [4.78, 5) is 17.8. The standard InChI is InChI=1S/C8H9BrF3N3O2/c9-5-6(13-4-14-7(5)17)15(1-2-16)3-8(10,11)12/h4,16H,1-3H2,(H,13,14,17). The Morgan fingerprint density at radius 1 is 1.53 bits per heavy atom. The molecule has 0 unspecified atom stereocenters. The van der Waals surface area contributed by atoms with Crippen LogP contribution in [-0.2, 0) is 0 Å². The SMILES string of the molecule is O=c1[nH]cnc(N(CCO)CC(F)(F)F)c1Br. The molecule has 0 saturated heterocycles. The fourth-order valence-electron chi connectivity index (χ4n) is 1.19. The maximum atomic E-state index is 12.3. The van der Waals surface area contributed by atoms with E-state index in [9.17, 15) is 18.0 Å². The van der Waals surface area contributed by atoms with Crippen molar-refractivity contribution in [3.8, 4) is 0 Å². The van der Waals surface area contributed by atoms with Crippen LogP contribution in [0.5, 0.6) is 0 Å². The molecule has 0 bridgehead atoms. The van der Waals surface area contributed by atoms with Crippen molar-refractivity contribution in [2.75, 3.05) is 24.6 Å². The second-order valence-electron chi connectivity index (χ2n) is 3.13. The first kappa shape index (κ1) is 14.0. The summed E-state index contributed by atoms with van der Waals surface area (Å²) in [6, 6.07) is 0. The lowest BCUT2D eigenvalue weighted by atomic mass is 10.4. The number of rotatable bonds is 4. The Morgan fingerprint density at radius 2 is 2.18 bits per heavy atom. The Labute approximate surface area is 102 Å². The minimum atomic E-state index is -4.45.